The van der Waals surface area contributed by atoms with E-state index in [4.69, 9.17) is 5.11 Å². The molecule has 0 fully saturated rings. The summed E-state index contributed by atoms with van der Waals surface area (Å²) < 4.78 is 0. The first-order valence-corrected chi connectivity index (χ1v) is 5.98. The quantitative estimate of drug-likeness (QED) is 0.845. The van der Waals surface area contributed by atoms with Crippen molar-refractivity contribution in [1.29, 1.82) is 0 Å². The molecule has 5 nitrogen and oxygen atoms in total. The Hall–Kier alpha value is -2.04. The number of amides is 2. The van der Waals surface area contributed by atoms with Crippen LogP contribution in [0.15, 0.2) is 24.3 Å². The second-order valence-corrected chi connectivity index (χ2v) is 4.32. The molecule has 0 spiro atoms. The van der Waals surface area contributed by atoms with E-state index in [1.54, 1.807) is 4.90 Å². The molecule has 0 aliphatic carbocycles. The van der Waals surface area contributed by atoms with Gasteiger partial charge in [0.1, 0.15) is 0 Å². The minimum Gasteiger partial charge on any atom is -0.465 e. The third-order valence-corrected chi connectivity index (χ3v) is 3.10. The number of hydrogen-bond donors (Lipinski definition) is 2. The van der Waals surface area contributed by atoms with Crippen LogP contribution in [0.25, 0.3) is 0 Å². The maximum atomic E-state index is 11.9. The molecular weight excluding hydrogens is 232 g/mol. The molecule has 1 heterocycles. The van der Waals surface area contributed by atoms with Crippen molar-refractivity contribution in [1.82, 2.24) is 10.2 Å². The van der Waals surface area contributed by atoms with Crippen molar-refractivity contribution in [3.63, 3.8) is 0 Å². The lowest BCUT2D eigenvalue weighted by Gasteiger charge is -2.28. The van der Waals surface area contributed by atoms with E-state index in [1.807, 2.05) is 18.2 Å². The Morgan fingerprint density at radius 1 is 1.28 bits per heavy atom. The lowest BCUT2D eigenvalue weighted by molar-refractivity contribution is -0.131. The van der Waals surface area contributed by atoms with Crippen LogP contribution in [-0.2, 0) is 17.8 Å². The molecule has 1 aromatic rings. The first kappa shape index (κ1) is 12.4. The molecule has 0 bridgehead atoms. The van der Waals surface area contributed by atoms with Gasteiger partial charge < -0.3 is 15.3 Å². The Morgan fingerprint density at radius 3 is 2.72 bits per heavy atom. The van der Waals surface area contributed by atoms with Crippen LogP contribution in [0.3, 0.4) is 0 Å². The van der Waals surface area contributed by atoms with Gasteiger partial charge in [0.25, 0.3) is 0 Å². The molecule has 1 aliphatic rings. The molecule has 2 N–H and O–H groups in total. The van der Waals surface area contributed by atoms with E-state index in [9.17, 15) is 9.59 Å². The molecule has 5 heteroatoms. The van der Waals surface area contributed by atoms with E-state index < -0.39 is 6.09 Å². The summed E-state index contributed by atoms with van der Waals surface area (Å²) in [6.07, 6.45) is -0.00488. The normalized spacial score (nSPS) is 13.9. The largest absolute Gasteiger partial charge is 0.465 e. The Balaban J connectivity index is 1.88. The van der Waals surface area contributed by atoms with Gasteiger partial charge in [-0.3, -0.25) is 4.79 Å². The lowest BCUT2D eigenvalue weighted by atomic mass is 10.00. The van der Waals surface area contributed by atoms with Crippen molar-refractivity contribution in [3.05, 3.63) is 35.4 Å². The van der Waals surface area contributed by atoms with Crippen molar-refractivity contribution in [2.45, 2.75) is 19.4 Å². The molecule has 96 valence electrons. The fourth-order valence-electron chi connectivity index (χ4n) is 2.14. The molecule has 0 saturated heterocycles. The number of benzene rings is 1. The average Bonchev–Trinajstić information content (AvgIpc) is 2.37. The van der Waals surface area contributed by atoms with Gasteiger partial charge in [0, 0.05) is 26.1 Å². The van der Waals surface area contributed by atoms with Crippen molar-refractivity contribution in [2.24, 2.45) is 0 Å². The lowest BCUT2D eigenvalue weighted by Crippen LogP contribution is -2.37. The molecule has 1 aliphatic heterocycles. The van der Waals surface area contributed by atoms with Crippen LogP contribution in [0.5, 0.6) is 0 Å². The maximum absolute atomic E-state index is 11.9. The van der Waals surface area contributed by atoms with Gasteiger partial charge in [-0.05, 0) is 17.5 Å². The number of carbonyl (C=O) groups excluding carboxylic acids is 1. The molecule has 2 amide bonds. The molecule has 0 aromatic heterocycles. The first-order chi connectivity index (χ1) is 8.66. The standard InChI is InChI=1S/C13H16N2O3/c16-12(5-7-14-13(17)18)15-8-6-10-3-1-2-4-11(10)9-15/h1-4,14H,5-9H2,(H,17,18). The number of carbonyl (C=O) groups is 2. The summed E-state index contributed by atoms with van der Waals surface area (Å²) in [6.45, 7) is 1.51. The van der Waals surface area contributed by atoms with Gasteiger partial charge >= 0.3 is 6.09 Å². The topological polar surface area (TPSA) is 69.6 Å². The molecule has 0 atom stereocenters. The van der Waals surface area contributed by atoms with Gasteiger partial charge in [-0.25, -0.2) is 4.79 Å². The molecule has 0 radical (unpaired) electrons. The summed E-state index contributed by atoms with van der Waals surface area (Å²) in [4.78, 5) is 24.0. The fourth-order valence-corrected chi connectivity index (χ4v) is 2.14. The van der Waals surface area contributed by atoms with E-state index >= 15 is 0 Å². The van der Waals surface area contributed by atoms with Crippen molar-refractivity contribution >= 4 is 12.0 Å². The highest BCUT2D eigenvalue weighted by molar-refractivity contribution is 5.77. The Labute approximate surface area is 105 Å². The van der Waals surface area contributed by atoms with Crippen LogP contribution >= 0.6 is 0 Å². The zero-order valence-corrected chi connectivity index (χ0v) is 10.1. The van der Waals surface area contributed by atoms with Crippen LogP contribution in [0.2, 0.25) is 0 Å². The number of carboxylic acid groups (broad SMARTS) is 1. The highest BCUT2D eigenvalue weighted by Crippen LogP contribution is 2.18. The van der Waals surface area contributed by atoms with Gasteiger partial charge in [-0.1, -0.05) is 24.3 Å². The van der Waals surface area contributed by atoms with Crippen LogP contribution in [0.1, 0.15) is 17.5 Å². The van der Waals surface area contributed by atoms with Crippen molar-refractivity contribution in [2.75, 3.05) is 13.1 Å². The minimum absolute atomic E-state index is 0.00162. The van der Waals surface area contributed by atoms with Gasteiger partial charge in [-0.15, -0.1) is 0 Å². The SMILES string of the molecule is O=C(O)NCCC(=O)N1CCc2ccccc2C1. The predicted molar refractivity (Wildman–Crippen MR) is 66.2 cm³/mol. The second kappa shape index (κ2) is 5.53. The van der Waals surface area contributed by atoms with Crippen molar-refractivity contribution < 1.29 is 14.7 Å². The van der Waals surface area contributed by atoms with E-state index in [0.717, 1.165) is 6.42 Å². The second-order valence-electron chi connectivity index (χ2n) is 4.32. The zero-order valence-electron chi connectivity index (χ0n) is 10.1. The molecule has 1 aromatic carbocycles. The van der Waals surface area contributed by atoms with Crippen molar-refractivity contribution in [3.8, 4) is 0 Å². The molecule has 18 heavy (non-hydrogen) atoms. The van der Waals surface area contributed by atoms with Gasteiger partial charge in [0.15, 0.2) is 0 Å². The fraction of sp³-hybridized carbons (Fsp3) is 0.385. The highest BCUT2D eigenvalue weighted by Gasteiger charge is 2.19. The predicted octanol–water partition coefficient (Wildman–Crippen LogP) is 1.23. The van der Waals surface area contributed by atoms with Crippen LogP contribution < -0.4 is 5.32 Å². The Bertz CT molecular complexity index is 459. The number of rotatable bonds is 3. The third kappa shape index (κ3) is 3.00. The molecule has 0 saturated carbocycles. The summed E-state index contributed by atoms with van der Waals surface area (Å²) >= 11 is 0. The Morgan fingerprint density at radius 2 is 2.00 bits per heavy atom. The smallest absolute Gasteiger partial charge is 0.404 e. The van der Waals surface area contributed by atoms with E-state index in [2.05, 4.69) is 11.4 Å². The summed E-state index contributed by atoms with van der Waals surface area (Å²) in [5, 5.41) is 10.6. The highest BCUT2D eigenvalue weighted by atomic mass is 16.4. The van der Waals surface area contributed by atoms with E-state index in [-0.39, 0.29) is 18.9 Å². The number of nitrogens with one attached hydrogen (secondary N) is 1. The zero-order chi connectivity index (χ0) is 13.0. The maximum Gasteiger partial charge on any atom is 0.404 e. The van der Waals surface area contributed by atoms with Gasteiger partial charge in [-0.2, -0.15) is 0 Å². The van der Waals surface area contributed by atoms with E-state index in [1.165, 1.54) is 11.1 Å². The summed E-state index contributed by atoms with van der Waals surface area (Å²) in [5.74, 6) is -0.00162. The van der Waals surface area contributed by atoms with Gasteiger partial charge in [0.2, 0.25) is 5.91 Å². The Kier molecular flexibility index (Phi) is 3.82. The summed E-state index contributed by atoms with van der Waals surface area (Å²) in [7, 11) is 0. The number of hydrogen-bond acceptors (Lipinski definition) is 2. The van der Waals surface area contributed by atoms with Crippen LogP contribution in [0, 0.1) is 0 Å². The summed E-state index contributed by atoms with van der Waals surface area (Å²) in [5.41, 5.74) is 2.48. The minimum atomic E-state index is -1.09. The third-order valence-electron chi connectivity index (χ3n) is 3.10. The van der Waals surface area contributed by atoms with Crippen LogP contribution in [0.4, 0.5) is 4.79 Å². The molecule has 2 rings (SSSR count). The molecule has 0 unspecified atom stereocenters. The average molecular weight is 248 g/mol. The van der Waals surface area contributed by atoms with E-state index in [0.29, 0.717) is 13.1 Å². The number of fused-ring (bicyclic) bond motifs is 1. The number of nitrogens with zero attached hydrogens (tertiary/aromatic N) is 1. The monoisotopic (exact) mass is 248 g/mol. The molecular formula is C13H16N2O3. The van der Waals surface area contributed by atoms with Gasteiger partial charge in [0.05, 0.1) is 0 Å². The first-order valence-electron chi connectivity index (χ1n) is 5.98. The summed E-state index contributed by atoms with van der Waals surface area (Å²) in [6, 6.07) is 8.10. The van der Waals surface area contributed by atoms with Crippen LogP contribution in [-0.4, -0.2) is 35.1 Å².